The second-order valence-corrected chi connectivity index (χ2v) is 7.79. The molecule has 0 radical (unpaired) electrons. The molecule has 0 fully saturated rings. The molecule has 1 aliphatic heterocycles. The normalized spacial score (nSPS) is 13.1. The molecule has 0 saturated heterocycles. The lowest BCUT2D eigenvalue weighted by molar-refractivity contribution is -0.152. The number of nitrogens with zero attached hydrogens (tertiary/aromatic N) is 3. The average molecular weight is 425 g/mol. The number of carboxylic acid groups (broad SMARTS) is 1. The highest BCUT2D eigenvalue weighted by Crippen LogP contribution is 2.31. The van der Waals surface area contributed by atoms with Gasteiger partial charge in [-0.2, -0.15) is 5.10 Å². The van der Waals surface area contributed by atoms with Crippen molar-refractivity contribution in [3.63, 3.8) is 0 Å². The third-order valence-corrected chi connectivity index (χ3v) is 4.99. The molecule has 0 aliphatic carbocycles. The standard InChI is InChI=1S/C22H23N3O6/c1-14-10-15(4-6-17(14)31-22(2,3)20(26)27)12-25-21(28)24(13-23-25)16-5-7-18-19(11-16)30-9-8-29-18/h4-7,10-11,13H,8-9,12H2,1-3H3,(H,26,27). The molecular formula is C22H23N3O6. The van der Waals surface area contributed by atoms with Crippen LogP contribution >= 0.6 is 0 Å². The van der Waals surface area contributed by atoms with Crippen LogP contribution in [0.4, 0.5) is 0 Å². The molecule has 0 amide bonds. The highest BCUT2D eigenvalue weighted by molar-refractivity contribution is 5.76. The van der Waals surface area contributed by atoms with E-state index in [1.54, 1.807) is 30.3 Å². The summed E-state index contributed by atoms with van der Waals surface area (Å²) >= 11 is 0. The fraction of sp³-hybridized carbons (Fsp3) is 0.318. The first-order valence-electron chi connectivity index (χ1n) is 9.81. The van der Waals surface area contributed by atoms with E-state index in [-0.39, 0.29) is 12.2 Å². The van der Waals surface area contributed by atoms with Gasteiger partial charge in [0.05, 0.1) is 12.2 Å². The van der Waals surface area contributed by atoms with E-state index in [0.29, 0.717) is 36.1 Å². The van der Waals surface area contributed by atoms with Crippen LogP contribution in [0.25, 0.3) is 5.69 Å². The van der Waals surface area contributed by atoms with Crippen molar-refractivity contribution >= 4 is 5.97 Å². The van der Waals surface area contributed by atoms with Gasteiger partial charge in [-0.25, -0.2) is 18.8 Å². The average Bonchev–Trinajstić information content (AvgIpc) is 3.09. The van der Waals surface area contributed by atoms with Crippen molar-refractivity contribution in [2.24, 2.45) is 0 Å². The number of benzene rings is 2. The predicted octanol–water partition coefficient (Wildman–Crippen LogP) is 2.40. The zero-order valence-corrected chi connectivity index (χ0v) is 17.5. The van der Waals surface area contributed by atoms with Gasteiger partial charge in [-0.05, 0) is 50.1 Å². The molecule has 0 unspecified atom stereocenters. The molecule has 1 N–H and O–H groups in total. The number of aromatic nitrogens is 3. The summed E-state index contributed by atoms with van der Waals surface area (Å²) in [6.07, 6.45) is 1.47. The summed E-state index contributed by atoms with van der Waals surface area (Å²) in [6.45, 7) is 6.04. The van der Waals surface area contributed by atoms with E-state index in [2.05, 4.69) is 5.10 Å². The Balaban J connectivity index is 1.55. The van der Waals surface area contributed by atoms with Crippen LogP contribution in [0.1, 0.15) is 25.0 Å². The van der Waals surface area contributed by atoms with Gasteiger partial charge in [0.1, 0.15) is 25.3 Å². The number of ether oxygens (including phenoxy) is 3. The summed E-state index contributed by atoms with van der Waals surface area (Å²) < 4.78 is 19.5. The van der Waals surface area contributed by atoms with Gasteiger partial charge in [-0.3, -0.25) is 0 Å². The fourth-order valence-electron chi connectivity index (χ4n) is 3.22. The van der Waals surface area contributed by atoms with Gasteiger partial charge in [0.15, 0.2) is 17.1 Å². The molecule has 31 heavy (non-hydrogen) atoms. The first-order chi connectivity index (χ1) is 14.7. The van der Waals surface area contributed by atoms with Crippen LogP contribution in [0.3, 0.4) is 0 Å². The second kappa shape index (κ2) is 7.82. The molecule has 162 valence electrons. The van der Waals surface area contributed by atoms with Crippen LogP contribution < -0.4 is 19.9 Å². The van der Waals surface area contributed by atoms with Crippen molar-refractivity contribution in [2.75, 3.05) is 13.2 Å². The summed E-state index contributed by atoms with van der Waals surface area (Å²) in [6, 6.07) is 10.6. The minimum atomic E-state index is -1.34. The van der Waals surface area contributed by atoms with Gasteiger partial charge in [0, 0.05) is 6.07 Å². The van der Waals surface area contributed by atoms with Crippen LogP contribution in [-0.2, 0) is 11.3 Å². The number of hydrogen-bond donors (Lipinski definition) is 1. The SMILES string of the molecule is Cc1cc(Cn2ncn(-c3ccc4c(c3)OCCO4)c2=O)ccc1OC(C)(C)C(=O)O. The van der Waals surface area contributed by atoms with Crippen LogP contribution in [-0.4, -0.2) is 44.2 Å². The van der Waals surface area contributed by atoms with Crippen LogP contribution in [0.2, 0.25) is 0 Å². The largest absolute Gasteiger partial charge is 0.486 e. The Hall–Kier alpha value is -3.75. The summed E-state index contributed by atoms with van der Waals surface area (Å²) in [5.41, 5.74) is 0.614. The maximum atomic E-state index is 12.9. The molecule has 0 spiro atoms. The maximum absolute atomic E-state index is 12.9. The first-order valence-corrected chi connectivity index (χ1v) is 9.81. The van der Waals surface area contributed by atoms with E-state index in [9.17, 15) is 14.7 Å². The molecule has 1 aromatic heterocycles. The summed E-state index contributed by atoms with van der Waals surface area (Å²) in [5, 5.41) is 13.5. The molecule has 4 rings (SSSR count). The Morgan fingerprint density at radius 3 is 2.61 bits per heavy atom. The van der Waals surface area contributed by atoms with Crippen molar-refractivity contribution in [3.8, 4) is 22.9 Å². The lowest BCUT2D eigenvalue weighted by Gasteiger charge is -2.23. The van der Waals surface area contributed by atoms with Crippen molar-refractivity contribution in [2.45, 2.75) is 32.9 Å². The Morgan fingerprint density at radius 2 is 1.90 bits per heavy atom. The lowest BCUT2D eigenvalue weighted by Crippen LogP contribution is -2.38. The van der Waals surface area contributed by atoms with Gasteiger partial charge in [-0.15, -0.1) is 0 Å². The summed E-state index contributed by atoms with van der Waals surface area (Å²) in [4.78, 5) is 24.2. The predicted molar refractivity (Wildman–Crippen MR) is 111 cm³/mol. The van der Waals surface area contributed by atoms with Gasteiger partial charge >= 0.3 is 11.7 Å². The van der Waals surface area contributed by atoms with Crippen molar-refractivity contribution in [3.05, 3.63) is 64.3 Å². The van der Waals surface area contributed by atoms with E-state index in [1.807, 2.05) is 13.0 Å². The van der Waals surface area contributed by atoms with Gasteiger partial charge in [0.25, 0.3) is 0 Å². The summed E-state index contributed by atoms with van der Waals surface area (Å²) in [7, 11) is 0. The molecule has 2 heterocycles. The van der Waals surface area contributed by atoms with E-state index < -0.39 is 11.6 Å². The number of aryl methyl sites for hydroxylation is 1. The molecule has 0 saturated carbocycles. The summed E-state index contributed by atoms with van der Waals surface area (Å²) in [5.74, 6) is 0.677. The number of hydrogen-bond acceptors (Lipinski definition) is 6. The number of carbonyl (C=O) groups is 1. The molecule has 9 nitrogen and oxygen atoms in total. The van der Waals surface area contributed by atoms with E-state index in [1.165, 1.54) is 29.4 Å². The Labute approximate surface area is 178 Å². The first kappa shape index (κ1) is 20.5. The lowest BCUT2D eigenvalue weighted by atomic mass is 10.1. The number of aliphatic carboxylic acids is 1. The molecule has 1 aliphatic rings. The second-order valence-electron chi connectivity index (χ2n) is 7.79. The molecule has 3 aromatic rings. The van der Waals surface area contributed by atoms with Crippen molar-refractivity contribution in [1.29, 1.82) is 0 Å². The number of rotatable bonds is 6. The third kappa shape index (κ3) is 4.11. The van der Waals surface area contributed by atoms with Gasteiger partial charge < -0.3 is 19.3 Å². The highest BCUT2D eigenvalue weighted by atomic mass is 16.6. The molecule has 9 heteroatoms. The monoisotopic (exact) mass is 425 g/mol. The minimum Gasteiger partial charge on any atom is -0.486 e. The van der Waals surface area contributed by atoms with Crippen molar-refractivity contribution in [1.82, 2.24) is 14.3 Å². The molecule has 2 aromatic carbocycles. The Kier molecular flexibility index (Phi) is 5.18. The zero-order valence-electron chi connectivity index (χ0n) is 17.5. The Morgan fingerprint density at radius 1 is 1.16 bits per heavy atom. The fourth-order valence-corrected chi connectivity index (χ4v) is 3.22. The Bertz CT molecular complexity index is 1190. The highest BCUT2D eigenvalue weighted by Gasteiger charge is 2.29. The van der Waals surface area contributed by atoms with Crippen molar-refractivity contribution < 1.29 is 24.1 Å². The minimum absolute atomic E-state index is 0.264. The molecular weight excluding hydrogens is 402 g/mol. The van der Waals surface area contributed by atoms with Gasteiger partial charge in [-0.1, -0.05) is 12.1 Å². The molecule has 0 bridgehead atoms. The van der Waals surface area contributed by atoms with Crippen LogP contribution in [0.5, 0.6) is 17.2 Å². The van der Waals surface area contributed by atoms with E-state index >= 15 is 0 Å². The molecule has 0 atom stereocenters. The van der Waals surface area contributed by atoms with E-state index in [0.717, 1.165) is 11.1 Å². The topological polar surface area (TPSA) is 105 Å². The van der Waals surface area contributed by atoms with Gasteiger partial charge in [0.2, 0.25) is 0 Å². The maximum Gasteiger partial charge on any atom is 0.350 e. The number of carboxylic acids is 1. The van der Waals surface area contributed by atoms with Crippen LogP contribution in [0, 0.1) is 6.92 Å². The third-order valence-electron chi connectivity index (χ3n) is 4.99. The smallest absolute Gasteiger partial charge is 0.350 e. The quantitative estimate of drug-likeness (QED) is 0.647. The number of fused-ring (bicyclic) bond motifs is 1. The van der Waals surface area contributed by atoms with Crippen LogP contribution in [0.15, 0.2) is 47.5 Å². The zero-order chi connectivity index (χ0) is 22.2. The van der Waals surface area contributed by atoms with E-state index in [4.69, 9.17) is 14.2 Å².